The van der Waals surface area contributed by atoms with Gasteiger partial charge in [0.1, 0.15) is 17.7 Å². The van der Waals surface area contributed by atoms with Crippen LogP contribution in [-0.2, 0) is 14.3 Å². The number of nitrogens with one attached hydrogen (secondary N) is 2. The Morgan fingerprint density at radius 1 is 1.05 bits per heavy atom. The van der Waals surface area contributed by atoms with Crippen LogP contribution in [0.3, 0.4) is 0 Å². The zero-order chi connectivity index (χ0) is 29.3. The van der Waals surface area contributed by atoms with Gasteiger partial charge in [0.25, 0.3) is 5.91 Å². The first-order valence-corrected chi connectivity index (χ1v) is 13.7. The predicted octanol–water partition coefficient (Wildman–Crippen LogP) is 6.80. The number of benzene rings is 2. The zero-order valence-electron chi connectivity index (χ0n) is 24.8. The fourth-order valence-electron chi connectivity index (χ4n) is 4.44. The molecular weight excluding hydrogens is 490 g/mol. The number of amides is 3. The fourth-order valence-corrected chi connectivity index (χ4v) is 4.44. The molecule has 0 aromatic heterocycles. The van der Waals surface area contributed by atoms with Crippen molar-refractivity contribution in [2.24, 2.45) is 5.92 Å². The van der Waals surface area contributed by atoms with E-state index in [1.54, 1.807) is 31.7 Å². The molecule has 2 aromatic rings. The topological polar surface area (TPSA) is 87.7 Å². The van der Waals surface area contributed by atoms with Gasteiger partial charge in [-0.15, -0.1) is 0 Å². The van der Waals surface area contributed by atoms with Crippen LogP contribution in [0.15, 0.2) is 49.0 Å². The van der Waals surface area contributed by atoms with Crippen molar-refractivity contribution in [3.05, 3.63) is 71.3 Å². The minimum Gasteiger partial charge on any atom is -0.444 e. The second-order valence-corrected chi connectivity index (χ2v) is 11.1. The Morgan fingerprint density at radius 2 is 1.67 bits per heavy atom. The maximum Gasteiger partial charge on any atom is 0.408 e. The summed E-state index contributed by atoms with van der Waals surface area (Å²) in [5.41, 5.74) is 3.37. The Morgan fingerprint density at radius 3 is 2.21 bits per heavy atom. The highest BCUT2D eigenvalue weighted by Crippen LogP contribution is 2.29. The maximum atomic E-state index is 14.3. The number of alkyl carbamates (subject to hydrolysis) is 1. The molecule has 0 spiro atoms. The van der Waals surface area contributed by atoms with Crippen molar-refractivity contribution in [2.75, 3.05) is 11.9 Å². The van der Waals surface area contributed by atoms with E-state index in [1.165, 1.54) is 0 Å². The molecule has 39 heavy (non-hydrogen) atoms. The third kappa shape index (κ3) is 8.70. The molecule has 0 saturated carbocycles. The monoisotopic (exact) mass is 535 g/mol. The van der Waals surface area contributed by atoms with Gasteiger partial charge in [-0.2, -0.15) is 0 Å². The minimum atomic E-state index is -0.927. The average molecular weight is 536 g/mol. The van der Waals surface area contributed by atoms with Gasteiger partial charge in [0, 0.05) is 12.2 Å². The van der Waals surface area contributed by atoms with E-state index in [9.17, 15) is 14.4 Å². The maximum absolute atomic E-state index is 14.3. The van der Waals surface area contributed by atoms with E-state index in [1.807, 2.05) is 77.1 Å². The Labute approximate surface area is 234 Å². The summed E-state index contributed by atoms with van der Waals surface area (Å²) in [7, 11) is 0. The summed E-state index contributed by atoms with van der Waals surface area (Å²) in [6, 6.07) is 11.5. The first kappa shape index (κ1) is 31.6. The first-order valence-electron chi connectivity index (χ1n) is 13.7. The molecule has 7 heteroatoms. The van der Waals surface area contributed by atoms with Gasteiger partial charge >= 0.3 is 6.09 Å². The summed E-state index contributed by atoms with van der Waals surface area (Å²) < 4.78 is 5.47. The van der Waals surface area contributed by atoms with Crippen LogP contribution < -0.4 is 10.6 Å². The van der Waals surface area contributed by atoms with Crippen molar-refractivity contribution in [1.29, 1.82) is 0 Å². The summed E-state index contributed by atoms with van der Waals surface area (Å²) in [5, 5.41) is 5.89. The smallest absolute Gasteiger partial charge is 0.408 e. The molecule has 3 atom stereocenters. The molecule has 0 radical (unpaired) electrons. The molecular formula is C32H45N3O4. The number of aryl methyl sites for hydroxylation is 2. The van der Waals surface area contributed by atoms with Gasteiger partial charge in [-0.05, 0) is 75.3 Å². The van der Waals surface area contributed by atoms with E-state index in [0.29, 0.717) is 24.9 Å². The lowest BCUT2D eigenvalue weighted by atomic mass is 9.95. The Bertz CT molecular complexity index is 1150. The minimum absolute atomic E-state index is 0.189. The summed E-state index contributed by atoms with van der Waals surface area (Å²) in [5.74, 6) is -0.843. The van der Waals surface area contributed by atoms with E-state index >= 15 is 0 Å². The van der Waals surface area contributed by atoms with Crippen molar-refractivity contribution in [1.82, 2.24) is 10.2 Å². The number of carbonyl (C=O) groups excluding carboxylic acids is 3. The van der Waals surface area contributed by atoms with Crippen LogP contribution in [0.5, 0.6) is 0 Å². The van der Waals surface area contributed by atoms with Crippen LogP contribution in [0.1, 0.15) is 82.7 Å². The molecule has 2 N–H and O–H groups in total. The summed E-state index contributed by atoms with van der Waals surface area (Å²) in [4.78, 5) is 42.7. The van der Waals surface area contributed by atoms with Gasteiger partial charge in [0.05, 0.1) is 0 Å². The van der Waals surface area contributed by atoms with E-state index in [-0.39, 0.29) is 17.7 Å². The highest BCUT2D eigenvalue weighted by atomic mass is 16.6. The van der Waals surface area contributed by atoms with Gasteiger partial charge in [0.15, 0.2) is 0 Å². The molecule has 0 aliphatic heterocycles. The van der Waals surface area contributed by atoms with Crippen molar-refractivity contribution in [3.63, 3.8) is 0 Å². The van der Waals surface area contributed by atoms with E-state index in [4.69, 9.17) is 4.74 Å². The summed E-state index contributed by atoms with van der Waals surface area (Å²) in [6.07, 6.45) is 2.32. The normalized spacial score (nSPS) is 13.5. The number of hydrogen-bond donors (Lipinski definition) is 2. The predicted molar refractivity (Wildman–Crippen MR) is 158 cm³/mol. The quantitative estimate of drug-likeness (QED) is 0.331. The van der Waals surface area contributed by atoms with Crippen LogP contribution in [-0.4, -0.2) is 41.0 Å². The fraction of sp³-hybridized carbons (Fsp3) is 0.469. The first-order chi connectivity index (χ1) is 18.3. The van der Waals surface area contributed by atoms with Crippen LogP contribution in [0.4, 0.5) is 10.5 Å². The lowest BCUT2D eigenvalue weighted by Gasteiger charge is -2.36. The summed E-state index contributed by atoms with van der Waals surface area (Å²) >= 11 is 0. The zero-order valence-corrected chi connectivity index (χ0v) is 24.8. The van der Waals surface area contributed by atoms with Gasteiger partial charge < -0.3 is 20.3 Å². The lowest BCUT2D eigenvalue weighted by Crippen LogP contribution is -2.55. The lowest BCUT2D eigenvalue weighted by molar-refractivity contribution is -0.141. The van der Waals surface area contributed by atoms with Crippen LogP contribution in [0.2, 0.25) is 0 Å². The third-order valence-electron chi connectivity index (χ3n) is 6.65. The number of para-hydroxylation sites is 1. The van der Waals surface area contributed by atoms with Crippen molar-refractivity contribution >= 4 is 29.7 Å². The summed E-state index contributed by atoms with van der Waals surface area (Å²) in [6.45, 7) is 19.2. The van der Waals surface area contributed by atoms with Crippen LogP contribution in [0.25, 0.3) is 6.08 Å². The van der Waals surface area contributed by atoms with E-state index in [2.05, 4.69) is 17.2 Å². The number of hydrogen-bond acceptors (Lipinski definition) is 4. The van der Waals surface area contributed by atoms with Crippen LogP contribution >= 0.6 is 0 Å². The van der Waals surface area contributed by atoms with Crippen molar-refractivity contribution < 1.29 is 19.1 Å². The Kier molecular flexibility index (Phi) is 11.3. The standard InChI is InChI=1S/C32H45N3O4/c1-10-19-35(30(37)27(21(4)11-2)34-31(38)39-32(7,8)9)28(25-18-14-17-24(12-3)20-25)29(36)33-26-22(5)15-13-16-23(26)6/h12-18,20-21,27-28H,3,10-11,19H2,1-2,4-9H3,(H,33,36)(H,34,38). The second kappa shape index (κ2) is 14.0. The molecule has 7 nitrogen and oxygen atoms in total. The van der Waals surface area contributed by atoms with E-state index < -0.39 is 23.8 Å². The van der Waals surface area contributed by atoms with Gasteiger partial charge in [-0.3, -0.25) is 9.59 Å². The highest BCUT2D eigenvalue weighted by molar-refractivity contribution is 6.00. The molecule has 2 rings (SSSR count). The Hall–Kier alpha value is -3.61. The van der Waals surface area contributed by atoms with Crippen molar-refractivity contribution in [2.45, 2.75) is 85.9 Å². The van der Waals surface area contributed by atoms with E-state index in [0.717, 1.165) is 22.4 Å². The molecule has 0 fully saturated rings. The molecule has 0 heterocycles. The molecule has 3 unspecified atom stereocenters. The molecule has 212 valence electrons. The molecule has 2 aromatic carbocycles. The average Bonchev–Trinajstić information content (AvgIpc) is 2.87. The molecule has 0 aliphatic rings. The number of nitrogens with zero attached hydrogens (tertiary/aromatic N) is 1. The van der Waals surface area contributed by atoms with Gasteiger partial charge in [-0.1, -0.05) is 76.2 Å². The number of carbonyl (C=O) groups is 3. The van der Waals surface area contributed by atoms with Crippen molar-refractivity contribution in [3.8, 4) is 0 Å². The molecule has 0 aliphatic carbocycles. The molecule has 3 amide bonds. The van der Waals surface area contributed by atoms with Crippen LogP contribution in [0, 0.1) is 19.8 Å². The molecule has 0 bridgehead atoms. The van der Waals surface area contributed by atoms with Gasteiger partial charge in [-0.25, -0.2) is 4.79 Å². The largest absolute Gasteiger partial charge is 0.444 e. The van der Waals surface area contributed by atoms with Gasteiger partial charge in [0.2, 0.25) is 5.91 Å². The number of ether oxygens (including phenoxy) is 1. The number of rotatable bonds is 11. The number of anilines is 1. The SMILES string of the molecule is C=Cc1cccc(C(C(=O)Nc2c(C)cccc2C)N(CCC)C(=O)C(NC(=O)OC(C)(C)C)C(C)CC)c1. The highest BCUT2D eigenvalue weighted by Gasteiger charge is 2.38. The third-order valence-corrected chi connectivity index (χ3v) is 6.65. The Balaban J connectivity index is 2.60. The second-order valence-electron chi connectivity index (χ2n) is 11.1. The molecule has 0 saturated heterocycles.